The fourth-order valence-electron chi connectivity index (χ4n) is 2.50. The van der Waals surface area contributed by atoms with Crippen LogP contribution in [0.2, 0.25) is 0 Å². The quantitative estimate of drug-likeness (QED) is 0.366. The number of aliphatic hydroxyl groups excluding tert-OH is 1. The van der Waals surface area contributed by atoms with Crippen molar-refractivity contribution in [1.82, 2.24) is 0 Å². The molecule has 1 spiro atoms. The summed E-state index contributed by atoms with van der Waals surface area (Å²) in [6.45, 7) is 5.38. The third-order valence-corrected chi connectivity index (χ3v) is 4.75. The van der Waals surface area contributed by atoms with Crippen molar-refractivity contribution in [3.8, 4) is 0 Å². The van der Waals surface area contributed by atoms with Gasteiger partial charge in [-0.05, 0) is 0 Å². The van der Waals surface area contributed by atoms with Crippen molar-refractivity contribution in [3.63, 3.8) is 0 Å². The molecule has 0 bridgehead atoms. The van der Waals surface area contributed by atoms with Crippen LogP contribution in [0, 0.1) is 0 Å². The third kappa shape index (κ3) is 6.14. The number of phosphoric acid groups is 1. The van der Waals surface area contributed by atoms with Gasteiger partial charge in [-0.1, -0.05) is 0 Å². The predicted molar refractivity (Wildman–Crippen MR) is 88.0 cm³/mol. The standard InChI is InChI=1S/C12H22B3O8P/c1-8(21-11(13)3-4-16)6-20-24(17,18)23-9-5-12(14-15-12)22-10(9)7-19-2/h8-11,16H,3-7H2,1-2H3,(H,17,18). The van der Waals surface area contributed by atoms with Gasteiger partial charge in [0.15, 0.2) is 0 Å². The minimum atomic E-state index is -4.28. The molecule has 2 N–H and O–H groups in total. The Balaban J connectivity index is 1.78. The Hall–Kier alpha value is 0.145. The van der Waals surface area contributed by atoms with Gasteiger partial charge >= 0.3 is 138 Å². The number of phosphoric ester groups is 1. The van der Waals surface area contributed by atoms with E-state index in [-0.39, 0.29) is 26.2 Å². The van der Waals surface area contributed by atoms with E-state index in [2.05, 4.69) is 0 Å². The molecule has 0 saturated carbocycles. The molecule has 8 nitrogen and oxygen atoms in total. The molecule has 2 aliphatic rings. The van der Waals surface area contributed by atoms with Gasteiger partial charge in [-0.25, -0.2) is 0 Å². The van der Waals surface area contributed by atoms with Crippen molar-refractivity contribution in [2.45, 2.75) is 49.5 Å². The van der Waals surface area contributed by atoms with Crippen LogP contribution < -0.4 is 0 Å². The fourth-order valence-corrected chi connectivity index (χ4v) is 3.52. The Bertz CT molecular complexity index is 487. The minimum absolute atomic E-state index is 0.102. The number of hydrogen-bond donors (Lipinski definition) is 2. The van der Waals surface area contributed by atoms with Crippen molar-refractivity contribution < 1.29 is 37.8 Å². The molecule has 0 aromatic rings. The van der Waals surface area contributed by atoms with Crippen molar-refractivity contribution >= 4 is 29.3 Å². The van der Waals surface area contributed by atoms with Crippen LogP contribution in [0.1, 0.15) is 19.8 Å². The van der Waals surface area contributed by atoms with E-state index in [1.165, 1.54) is 7.11 Å². The maximum atomic E-state index is 12.1. The van der Waals surface area contributed by atoms with Crippen LogP contribution in [-0.4, -0.2) is 88.1 Å². The van der Waals surface area contributed by atoms with E-state index >= 15 is 0 Å². The molecule has 5 atom stereocenters. The normalized spacial score (nSPS) is 28.8. The summed E-state index contributed by atoms with van der Waals surface area (Å²) in [7, 11) is 2.85. The molecular formula is C12H22B3O8P. The van der Waals surface area contributed by atoms with E-state index in [1.807, 2.05) is 13.6 Å². The number of methoxy groups -OCH3 is 1. The number of hydrogen-bond acceptors (Lipinski definition) is 7. The Labute approximate surface area is 144 Å². The second kappa shape index (κ2) is 8.69. The summed E-state index contributed by atoms with van der Waals surface area (Å²) in [5.74, 6) is 0. The van der Waals surface area contributed by atoms with Gasteiger partial charge in [-0.2, -0.15) is 0 Å². The molecule has 2 rings (SSSR count). The van der Waals surface area contributed by atoms with Gasteiger partial charge < -0.3 is 5.11 Å². The van der Waals surface area contributed by atoms with E-state index < -0.39 is 37.5 Å². The molecule has 2 aliphatic heterocycles. The van der Waals surface area contributed by atoms with Gasteiger partial charge in [0, 0.05) is 0 Å². The molecule has 0 aromatic heterocycles. The summed E-state index contributed by atoms with van der Waals surface area (Å²) in [6.07, 6.45) is -0.862. The average Bonchev–Trinajstić information content (AvgIpc) is 3.15. The number of ether oxygens (including phenoxy) is 3. The van der Waals surface area contributed by atoms with E-state index in [0.717, 1.165) is 0 Å². The molecule has 0 amide bonds. The van der Waals surface area contributed by atoms with Crippen LogP contribution >= 0.6 is 7.82 Å². The first-order chi connectivity index (χ1) is 11.3. The van der Waals surface area contributed by atoms with Crippen LogP contribution in [0.3, 0.4) is 0 Å². The monoisotopic (exact) mass is 358 g/mol. The Morgan fingerprint density at radius 2 is 2.21 bits per heavy atom. The van der Waals surface area contributed by atoms with Gasteiger partial charge in [0.25, 0.3) is 0 Å². The zero-order valence-corrected chi connectivity index (χ0v) is 14.8. The van der Waals surface area contributed by atoms with Gasteiger partial charge in [-0.3, -0.25) is 0 Å². The van der Waals surface area contributed by atoms with Crippen molar-refractivity contribution in [3.05, 3.63) is 0 Å². The Morgan fingerprint density at radius 1 is 1.50 bits per heavy atom. The molecule has 5 unspecified atom stereocenters. The topological polar surface area (TPSA) is 104 Å². The maximum absolute atomic E-state index is 12.1. The van der Waals surface area contributed by atoms with Crippen molar-refractivity contribution in [2.24, 2.45) is 0 Å². The van der Waals surface area contributed by atoms with Crippen molar-refractivity contribution in [2.75, 3.05) is 26.9 Å². The summed E-state index contributed by atoms with van der Waals surface area (Å²) in [4.78, 5) is 9.91. The SMILES string of the molecule is [B]C(CCO)OC(C)COP(=O)(O)OC1CC2(B=B2)OC1COC. The van der Waals surface area contributed by atoms with Crippen molar-refractivity contribution in [1.29, 1.82) is 0 Å². The Kier molecular flexibility index (Phi) is 7.41. The van der Waals surface area contributed by atoms with Gasteiger partial charge in [0.1, 0.15) is 0 Å². The van der Waals surface area contributed by atoms with E-state index in [9.17, 15) is 9.46 Å². The van der Waals surface area contributed by atoms with Crippen LogP contribution in [0.4, 0.5) is 0 Å². The molecular weight excluding hydrogens is 336 g/mol. The average molecular weight is 358 g/mol. The van der Waals surface area contributed by atoms with Gasteiger partial charge in [0.2, 0.25) is 0 Å². The molecule has 0 aromatic carbocycles. The van der Waals surface area contributed by atoms with Gasteiger partial charge in [-0.15, -0.1) is 0 Å². The molecule has 1 saturated heterocycles. The van der Waals surface area contributed by atoms with Crippen LogP contribution in [0.5, 0.6) is 0 Å². The molecule has 2 radical (unpaired) electrons. The van der Waals surface area contributed by atoms with Crippen LogP contribution in [0.25, 0.3) is 0 Å². The first-order valence-electron chi connectivity index (χ1n) is 7.84. The van der Waals surface area contributed by atoms with Crippen LogP contribution in [-0.2, 0) is 27.8 Å². The summed E-state index contributed by atoms with van der Waals surface area (Å²) in [6, 6.07) is -0.664. The summed E-state index contributed by atoms with van der Waals surface area (Å²) in [5.41, 5.74) is 0. The first kappa shape index (κ1) is 20.5. The molecule has 0 aliphatic carbocycles. The fraction of sp³-hybridized carbons (Fsp3) is 1.00. The predicted octanol–water partition coefficient (Wildman–Crippen LogP) is -0.803. The summed E-state index contributed by atoms with van der Waals surface area (Å²) >= 11 is 0. The van der Waals surface area contributed by atoms with E-state index in [4.69, 9.17) is 36.2 Å². The van der Waals surface area contributed by atoms with Gasteiger partial charge in [0.05, 0.1) is 0 Å². The summed E-state index contributed by atoms with van der Waals surface area (Å²) in [5, 5.41) is 8.29. The molecule has 2 heterocycles. The number of rotatable bonds is 11. The number of aliphatic hydroxyl groups is 1. The van der Waals surface area contributed by atoms with E-state index in [1.54, 1.807) is 6.92 Å². The van der Waals surface area contributed by atoms with E-state index in [0.29, 0.717) is 6.42 Å². The molecule has 1 fully saturated rings. The third-order valence-electron chi connectivity index (χ3n) is 3.74. The van der Waals surface area contributed by atoms with Crippen LogP contribution in [0.15, 0.2) is 0 Å². The zero-order valence-electron chi connectivity index (χ0n) is 13.9. The Morgan fingerprint density at radius 3 is 2.79 bits per heavy atom. The molecule has 12 heteroatoms. The second-order valence-electron chi connectivity index (χ2n) is 6.01. The first-order valence-corrected chi connectivity index (χ1v) is 9.33. The molecule has 24 heavy (non-hydrogen) atoms. The summed E-state index contributed by atoms with van der Waals surface area (Å²) < 4.78 is 38.5. The molecule has 132 valence electrons. The second-order valence-corrected chi connectivity index (χ2v) is 7.42. The zero-order chi connectivity index (χ0) is 17.8.